The highest BCUT2D eigenvalue weighted by Crippen LogP contribution is 2.35. The van der Waals surface area contributed by atoms with Crippen LogP contribution < -0.4 is 20.6 Å². The van der Waals surface area contributed by atoms with E-state index in [1.54, 1.807) is 23.1 Å². The maximum atomic E-state index is 13.6. The number of hydrogen-bond donors (Lipinski definition) is 0. The van der Waals surface area contributed by atoms with E-state index in [0.717, 1.165) is 58.3 Å². The van der Waals surface area contributed by atoms with Crippen LogP contribution in [-0.2, 0) is 11.2 Å². The van der Waals surface area contributed by atoms with E-state index < -0.39 is 11.1 Å². The molecule has 0 bridgehead atoms. The fraction of sp³-hybridized carbons (Fsp3) is 0.296. The maximum Gasteiger partial charge on any atom is 0.296 e. The van der Waals surface area contributed by atoms with Crippen molar-refractivity contribution in [1.82, 2.24) is 14.6 Å². The zero-order chi connectivity index (χ0) is 25.2. The van der Waals surface area contributed by atoms with Gasteiger partial charge in [-0.1, -0.05) is 91.9 Å². The summed E-state index contributed by atoms with van der Waals surface area (Å²) in [5.74, 6) is -0.199. The molecule has 7 nitrogen and oxygen atoms in total. The number of hydrogen-bond acceptors (Lipinski definition) is 6. The Morgan fingerprint density at radius 3 is 2.50 bits per heavy atom. The van der Waals surface area contributed by atoms with Crippen molar-refractivity contribution in [3.05, 3.63) is 95.6 Å². The number of carbonyl (C=O) groups excluding carboxylic acids is 1. The van der Waals surface area contributed by atoms with Crippen LogP contribution in [0.2, 0.25) is 5.02 Å². The van der Waals surface area contributed by atoms with Crippen LogP contribution in [0, 0.1) is 0 Å². The molecule has 1 aliphatic heterocycles. The van der Waals surface area contributed by atoms with Crippen molar-refractivity contribution in [2.45, 2.75) is 45.4 Å². The SMILES string of the molecule is CCCCCCCN1C(=O)/C(=c2\sc3nc(=O)c(Cc4ccccc4Cl)nn3c2=O)c2ccccc21. The molecule has 3 heterocycles. The van der Waals surface area contributed by atoms with Crippen molar-refractivity contribution in [3.63, 3.8) is 0 Å². The summed E-state index contributed by atoms with van der Waals surface area (Å²) in [6, 6.07) is 14.7. The van der Waals surface area contributed by atoms with Gasteiger partial charge in [0.2, 0.25) is 4.96 Å². The van der Waals surface area contributed by atoms with Crippen molar-refractivity contribution in [1.29, 1.82) is 0 Å². The van der Waals surface area contributed by atoms with E-state index in [1.165, 1.54) is 6.42 Å². The number of thiazole rings is 1. The lowest BCUT2D eigenvalue weighted by atomic mass is 10.1. The number of nitrogens with zero attached hydrogens (tertiary/aromatic N) is 4. The molecule has 0 unspecified atom stereocenters. The number of aromatic nitrogens is 3. The molecular weight excluding hydrogens is 496 g/mol. The Balaban J connectivity index is 1.57. The van der Waals surface area contributed by atoms with Crippen molar-refractivity contribution in [2.24, 2.45) is 0 Å². The van der Waals surface area contributed by atoms with Crippen molar-refractivity contribution in [2.75, 3.05) is 11.4 Å². The summed E-state index contributed by atoms with van der Waals surface area (Å²) in [7, 11) is 0. The van der Waals surface area contributed by atoms with E-state index >= 15 is 0 Å². The summed E-state index contributed by atoms with van der Waals surface area (Å²) >= 11 is 7.27. The van der Waals surface area contributed by atoms with Crippen LogP contribution in [0.15, 0.2) is 58.1 Å². The Kier molecular flexibility index (Phi) is 6.98. The maximum absolute atomic E-state index is 13.6. The van der Waals surface area contributed by atoms with Gasteiger partial charge in [-0.25, -0.2) is 0 Å². The van der Waals surface area contributed by atoms with E-state index in [9.17, 15) is 14.4 Å². The van der Waals surface area contributed by atoms with Crippen molar-refractivity contribution >= 4 is 45.1 Å². The summed E-state index contributed by atoms with van der Waals surface area (Å²) in [6.45, 7) is 2.77. The first-order chi connectivity index (χ1) is 17.5. The van der Waals surface area contributed by atoms with Crippen LogP contribution in [0.4, 0.5) is 5.69 Å². The first-order valence-corrected chi connectivity index (χ1v) is 13.3. The Morgan fingerprint density at radius 2 is 1.69 bits per heavy atom. The lowest BCUT2D eigenvalue weighted by Crippen LogP contribution is -2.33. The van der Waals surface area contributed by atoms with Crippen LogP contribution in [0.5, 0.6) is 0 Å². The molecule has 36 heavy (non-hydrogen) atoms. The topological polar surface area (TPSA) is 84.6 Å². The predicted octanol–water partition coefficient (Wildman–Crippen LogP) is 3.99. The molecule has 0 fully saturated rings. The highest BCUT2D eigenvalue weighted by Gasteiger charge is 2.33. The minimum absolute atomic E-state index is 0.124. The van der Waals surface area contributed by atoms with E-state index in [2.05, 4.69) is 17.0 Å². The second kappa shape index (κ2) is 10.3. The average Bonchev–Trinajstić information content (AvgIpc) is 3.33. The highest BCUT2D eigenvalue weighted by atomic mass is 35.5. The van der Waals surface area contributed by atoms with Gasteiger partial charge >= 0.3 is 0 Å². The summed E-state index contributed by atoms with van der Waals surface area (Å²) in [5, 5.41) is 4.83. The lowest BCUT2D eigenvalue weighted by Gasteiger charge is -2.16. The number of benzene rings is 2. The first-order valence-electron chi connectivity index (χ1n) is 12.1. The zero-order valence-electron chi connectivity index (χ0n) is 19.9. The molecule has 9 heteroatoms. The van der Waals surface area contributed by atoms with Crippen LogP contribution in [-0.4, -0.2) is 27.0 Å². The van der Waals surface area contributed by atoms with Crippen LogP contribution >= 0.6 is 22.9 Å². The molecule has 5 rings (SSSR count). The number of unbranched alkanes of at least 4 members (excludes halogenated alkanes) is 4. The van der Waals surface area contributed by atoms with Gasteiger partial charge in [0.25, 0.3) is 17.0 Å². The normalized spacial score (nSPS) is 14.6. The predicted molar refractivity (Wildman–Crippen MR) is 143 cm³/mol. The van der Waals surface area contributed by atoms with Crippen LogP contribution in [0.3, 0.4) is 0 Å². The summed E-state index contributed by atoms with van der Waals surface area (Å²) in [4.78, 5) is 45.7. The summed E-state index contributed by atoms with van der Waals surface area (Å²) in [5.41, 5.74) is 1.75. The Hall–Kier alpha value is -3.36. The smallest absolute Gasteiger partial charge is 0.296 e. The molecule has 0 saturated carbocycles. The molecule has 0 saturated heterocycles. The number of fused-ring (bicyclic) bond motifs is 2. The highest BCUT2D eigenvalue weighted by molar-refractivity contribution is 7.15. The van der Waals surface area contributed by atoms with Gasteiger partial charge in [-0.3, -0.25) is 14.4 Å². The van der Waals surface area contributed by atoms with E-state index in [4.69, 9.17) is 11.6 Å². The molecule has 184 valence electrons. The third-order valence-corrected chi connectivity index (χ3v) is 7.78. The number of anilines is 1. The standard InChI is InChI=1S/C27H25ClN4O3S/c1-2-3-4-5-10-15-31-21-14-9-7-12-18(21)22(25(31)34)23-26(35)32-27(36-23)29-24(33)20(30-32)16-17-11-6-8-13-19(17)28/h6-9,11-14H,2-5,10,15-16H2,1H3/b23-22-. The second-order valence-corrected chi connectivity index (χ2v) is 10.2. The van der Waals surface area contributed by atoms with Gasteiger partial charge in [-0.2, -0.15) is 14.6 Å². The van der Waals surface area contributed by atoms with Crippen LogP contribution in [0.25, 0.3) is 10.5 Å². The van der Waals surface area contributed by atoms with E-state index in [0.29, 0.717) is 17.1 Å². The summed E-state index contributed by atoms with van der Waals surface area (Å²) < 4.78 is 1.37. The molecule has 1 aliphatic rings. The number of carbonyl (C=O) groups is 1. The fourth-order valence-corrected chi connectivity index (χ4v) is 5.72. The lowest BCUT2D eigenvalue weighted by molar-refractivity contribution is -0.113. The first kappa shape index (κ1) is 24.3. The molecule has 0 atom stereocenters. The third-order valence-electron chi connectivity index (χ3n) is 6.38. The van der Waals surface area contributed by atoms with Gasteiger partial charge in [-0.15, -0.1) is 0 Å². The number of para-hydroxylation sites is 1. The fourth-order valence-electron chi connectivity index (χ4n) is 4.52. The molecular formula is C27H25ClN4O3S. The largest absolute Gasteiger partial charge is 0.308 e. The number of halogens is 1. The Morgan fingerprint density at radius 1 is 0.944 bits per heavy atom. The van der Waals surface area contributed by atoms with E-state index in [-0.39, 0.29) is 27.5 Å². The third kappa shape index (κ3) is 4.47. The monoisotopic (exact) mass is 520 g/mol. The number of rotatable bonds is 8. The van der Waals surface area contributed by atoms with Gasteiger partial charge in [0, 0.05) is 23.6 Å². The molecule has 4 aromatic rings. The average molecular weight is 521 g/mol. The van der Waals surface area contributed by atoms with Gasteiger partial charge < -0.3 is 4.90 Å². The van der Waals surface area contributed by atoms with Crippen molar-refractivity contribution < 1.29 is 4.79 Å². The Labute approximate surface area is 216 Å². The van der Waals surface area contributed by atoms with E-state index in [1.807, 2.05) is 30.3 Å². The van der Waals surface area contributed by atoms with Crippen LogP contribution in [0.1, 0.15) is 55.8 Å². The molecule has 2 aromatic carbocycles. The number of amides is 1. The molecule has 2 aromatic heterocycles. The quantitative estimate of drug-likeness (QED) is 0.328. The molecule has 1 amide bonds. The molecule has 0 aliphatic carbocycles. The van der Waals surface area contributed by atoms with Gasteiger partial charge in [0.1, 0.15) is 10.2 Å². The molecule has 0 radical (unpaired) electrons. The Bertz CT molecular complexity index is 1630. The molecule has 0 N–H and O–H groups in total. The van der Waals surface area contributed by atoms with Gasteiger partial charge in [0.05, 0.1) is 11.3 Å². The zero-order valence-corrected chi connectivity index (χ0v) is 21.4. The van der Waals surface area contributed by atoms with Gasteiger partial charge in [-0.05, 0) is 24.1 Å². The second-order valence-electron chi connectivity index (χ2n) is 8.83. The minimum atomic E-state index is -0.514. The van der Waals surface area contributed by atoms with Gasteiger partial charge in [0.15, 0.2) is 0 Å². The molecule has 0 spiro atoms. The summed E-state index contributed by atoms with van der Waals surface area (Å²) in [6.07, 6.45) is 5.58. The van der Waals surface area contributed by atoms with Crippen molar-refractivity contribution in [3.8, 4) is 0 Å². The minimum Gasteiger partial charge on any atom is -0.308 e.